The van der Waals surface area contributed by atoms with Crippen LogP contribution in [-0.2, 0) is 4.79 Å². The molecular weight excluding hydrogens is 334 g/mol. The molecule has 0 saturated heterocycles. The molecule has 1 aliphatic heterocycles. The van der Waals surface area contributed by atoms with Crippen LogP contribution in [0.1, 0.15) is 30.4 Å². The maximum atomic E-state index is 12.3. The van der Waals surface area contributed by atoms with Gasteiger partial charge in [0, 0.05) is 17.7 Å². The smallest absolute Gasteiger partial charge is 0.225 e. The molecule has 0 aromatic heterocycles. The van der Waals surface area contributed by atoms with Crippen LogP contribution >= 0.6 is 11.6 Å². The normalized spacial score (nSPS) is 16.4. The van der Waals surface area contributed by atoms with E-state index < -0.39 is 0 Å². The average Bonchev–Trinajstić information content (AvgIpc) is 2.63. The Hall–Kier alpha value is -2.52. The zero-order valence-electron chi connectivity index (χ0n) is 13.9. The summed E-state index contributed by atoms with van der Waals surface area (Å²) < 4.78 is 5.52. The van der Waals surface area contributed by atoms with E-state index in [9.17, 15) is 4.79 Å². The van der Waals surface area contributed by atoms with Gasteiger partial charge in [0.1, 0.15) is 5.75 Å². The third-order valence-electron chi connectivity index (χ3n) is 4.65. The third-order valence-corrected chi connectivity index (χ3v) is 4.94. The van der Waals surface area contributed by atoms with E-state index in [-0.39, 0.29) is 11.8 Å². The first-order valence-electron chi connectivity index (χ1n) is 8.41. The van der Waals surface area contributed by atoms with E-state index in [0.717, 1.165) is 27.6 Å². The summed E-state index contributed by atoms with van der Waals surface area (Å²) in [4.78, 5) is 12.3. The molecule has 1 heterocycles. The minimum atomic E-state index is -0.0125. The summed E-state index contributed by atoms with van der Waals surface area (Å²) in [6, 6.07) is 18.1. The Morgan fingerprint density at radius 3 is 2.80 bits per heavy atom. The van der Waals surface area contributed by atoms with Crippen molar-refractivity contribution in [1.29, 1.82) is 0 Å². The highest BCUT2D eigenvalue weighted by molar-refractivity contribution is 6.32. The molecule has 1 aliphatic rings. The van der Waals surface area contributed by atoms with Crippen LogP contribution < -0.4 is 10.1 Å². The number of amides is 1. The number of hydrogen-bond acceptors (Lipinski definition) is 2. The van der Waals surface area contributed by atoms with Gasteiger partial charge >= 0.3 is 0 Å². The number of anilines is 1. The van der Waals surface area contributed by atoms with Gasteiger partial charge in [0.05, 0.1) is 17.3 Å². The number of carbonyl (C=O) groups is 1. The Bertz CT molecular complexity index is 967. The zero-order valence-corrected chi connectivity index (χ0v) is 14.6. The van der Waals surface area contributed by atoms with E-state index in [2.05, 4.69) is 23.5 Å². The summed E-state index contributed by atoms with van der Waals surface area (Å²) in [6.07, 6.45) is 0.412. The number of fused-ring (bicyclic) bond motifs is 3. The fourth-order valence-corrected chi connectivity index (χ4v) is 3.75. The quantitative estimate of drug-likeness (QED) is 0.689. The van der Waals surface area contributed by atoms with Crippen LogP contribution in [0, 0.1) is 0 Å². The van der Waals surface area contributed by atoms with E-state index >= 15 is 0 Å². The van der Waals surface area contributed by atoms with Crippen LogP contribution in [0.3, 0.4) is 0 Å². The fourth-order valence-electron chi connectivity index (χ4n) is 3.51. The Balaban J connectivity index is 1.84. The molecule has 0 fully saturated rings. The Labute approximate surface area is 151 Å². The summed E-state index contributed by atoms with van der Waals surface area (Å²) in [5.41, 5.74) is 3.06. The van der Waals surface area contributed by atoms with Crippen molar-refractivity contribution in [2.24, 2.45) is 0 Å². The molecule has 1 atom stereocenters. The van der Waals surface area contributed by atoms with Crippen LogP contribution in [0.4, 0.5) is 5.69 Å². The van der Waals surface area contributed by atoms with Crippen molar-refractivity contribution in [3.05, 3.63) is 70.7 Å². The van der Waals surface area contributed by atoms with Gasteiger partial charge in [-0.2, -0.15) is 0 Å². The highest BCUT2D eigenvalue weighted by atomic mass is 35.5. The molecule has 3 aromatic carbocycles. The Kier molecular flexibility index (Phi) is 4.10. The van der Waals surface area contributed by atoms with Gasteiger partial charge in [-0.1, -0.05) is 54.1 Å². The van der Waals surface area contributed by atoms with Crippen molar-refractivity contribution in [3.63, 3.8) is 0 Å². The largest absolute Gasteiger partial charge is 0.492 e. The molecule has 1 N–H and O–H groups in total. The topological polar surface area (TPSA) is 38.3 Å². The van der Waals surface area contributed by atoms with Crippen LogP contribution in [0.5, 0.6) is 5.75 Å². The minimum absolute atomic E-state index is 0.0125. The first-order chi connectivity index (χ1) is 12.2. The molecule has 25 heavy (non-hydrogen) atoms. The van der Waals surface area contributed by atoms with Gasteiger partial charge in [0.25, 0.3) is 0 Å². The fraction of sp³-hybridized carbons (Fsp3) is 0.190. The minimum Gasteiger partial charge on any atom is -0.492 e. The van der Waals surface area contributed by atoms with E-state index in [1.807, 2.05) is 43.3 Å². The molecule has 0 unspecified atom stereocenters. The summed E-state index contributed by atoms with van der Waals surface area (Å²) in [5, 5.41) is 5.81. The van der Waals surface area contributed by atoms with E-state index in [1.165, 1.54) is 0 Å². The lowest BCUT2D eigenvalue weighted by Crippen LogP contribution is -2.23. The van der Waals surface area contributed by atoms with Crippen molar-refractivity contribution in [2.45, 2.75) is 19.3 Å². The van der Waals surface area contributed by atoms with Gasteiger partial charge in [0.15, 0.2) is 0 Å². The number of ether oxygens (including phenoxy) is 1. The van der Waals surface area contributed by atoms with E-state index in [0.29, 0.717) is 23.8 Å². The first kappa shape index (κ1) is 16.0. The molecule has 0 aliphatic carbocycles. The molecule has 4 heteroatoms. The summed E-state index contributed by atoms with van der Waals surface area (Å²) >= 11 is 6.36. The van der Waals surface area contributed by atoms with Gasteiger partial charge in [-0.25, -0.2) is 0 Å². The van der Waals surface area contributed by atoms with Crippen LogP contribution in [-0.4, -0.2) is 12.5 Å². The Morgan fingerprint density at radius 2 is 2.00 bits per heavy atom. The molecular formula is C21H18ClNO2. The number of rotatable bonds is 3. The molecule has 0 bridgehead atoms. The number of hydrogen-bond donors (Lipinski definition) is 1. The predicted octanol–water partition coefficient (Wildman–Crippen LogP) is 5.37. The first-order valence-corrected chi connectivity index (χ1v) is 8.79. The van der Waals surface area contributed by atoms with Crippen molar-refractivity contribution in [3.8, 4) is 5.75 Å². The Morgan fingerprint density at radius 1 is 1.16 bits per heavy atom. The molecule has 0 radical (unpaired) electrons. The second-order valence-electron chi connectivity index (χ2n) is 6.18. The van der Waals surface area contributed by atoms with Gasteiger partial charge in [-0.15, -0.1) is 0 Å². The van der Waals surface area contributed by atoms with Crippen molar-refractivity contribution in [1.82, 2.24) is 0 Å². The van der Waals surface area contributed by atoms with Crippen LogP contribution in [0.15, 0.2) is 54.6 Å². The van der Waals surface area contributed by atoms with Gasteiger partial charge in [-0.3, -0.25) is 4.79 Å². The highest BCUT2D eigenvalue weighted by Gasteiger charge is 2.28. The highest BCUT2D eigenvalue weighted by Crippen LogP contribution is 2.42. The number of benzene rings is 3. The predicted molar refractivity (Wildman–Crippen MR) is 102 cm³/mol. The summed E-state index contributed by atoms with van der Waals surface area (Å²) in [7, 11) is 0. The van der Waals surface area contributed by atoms with Gasteiger partial charge in [0.2, 0.25) is 5.91 Å². The maximum Gasteiger partial charge on any atom is 0.225 e. The molecule has 0 spiro atoms. The maximum absolute atomic E-state index is 12.3. The van der Waals surface area contributed by atoms with Gasteiger partial charge in [-0.05, 0) is 35.6 Å². The number of nitrogens with one attached hydrogen (secondary N) is 1. The molecule has 0 saturated carbocycles. The van der Waals surface area contributed by atoms with E-state index in [4.69, 9.17) is 16.3 Å². The molecule has 126 valence electrons. The number of carbonyl (C=O) groups excluding carboxylic acids is 1. The average molecular weight is 352 g/mol. The van der Waals surface area contributed by atoms with Crippen LogP contribution in [0.25, 0.3) is 10.8 Å². The monoisotopic (exact) mass is 351 g/mol. The summed E-state index contributed by atoms with van der Waals surface area (Å²) in [6.45, 7) is 2.50. The summed E-state index contributed by atoms with van der Waals surface area (Å²) in [5.74, 6) is 0.687. The second-order valence-corrected chi connectivity index (χ2v) is 6.59. The van der Waals surface area contributed by atoms with Crippen molar-refractivity contribution >= 4 is 34.0 Å². The van der Waals surface area contributed by atoms with E-state index in [1.54, 1.807) is 0 Å². The molecule has 4 rings (SSSR count). The number of halogens is 1. The third kappa shape index (κ3) is 2.85. The van der Waals surface area contributed by atoms with Crippen molar-refractivity contribution in [2.75, 3.05) is 11.9 Å². The molecule has 3 nitrogen and oxygen atoms in total. The standard InChI is InChI=1S/C21H18ClNO2/c1-2-25-19-10-8-14(11-18(19)22)17-12-20(24)23-21-15-6-4-3-5-13(15)7-9-16(17)21/h3-11,17H,2,12H2,1H3,(H,23,24)/t17-/m1/s1. The van der Waals surface area contributed by atoms with Crippen LogP contribution in [0.2, 0.25) is 5.02 Å². The lowest BCUT2D eigenvalue weighted by molar-refractivity contribution is -0.116. The second kappa shape index (κ2) is 6.41. The zero-order chi connectivity index (χ0) is 17.4. The van der Waals surface area contributed by atoms with Crippen molar-refractivity contribution < 1.29 is 9.53 Å². The molecule has 3 aromatic rings. The lowest BCUT2D eigenvalue weighted by atomic mass is 9.83. The molecule has 1 amide bonds. The SMILES string of the molecule is CCOc1ccc([C@H]2CC(=O)Nc3c2ccc2ccccc32)cc1Cl. The van der Waals surface area contributed by atoms with Gasteiger partial charge < -0.3 is 10.1 Å². The lowest BCUT2D eigenvalue weighted by Gasteiger charge is -2.27.